The van der Waals surface area contributed by atoms with Crippen LogP contribution in [0.5, 0.6) is 0 Å². The smallest absolute Gasteiger partial charge is 0.00886 e. The topological polar surface area (TPSA) is 0 Å². The summed E-state index contributed by atoms with van der Waals surface area (Å²) in [6.07, 6.45) is 15.0. The summed E-state index contributed by atoms with van der Waals surface area (Å²) >= 11 is 0. The Kier molecular flexibility index (Phi) is 11.5. The van der Waals surface area contributed by atoms with Gasteiger partial charge in [0, 0.05) is 6.42 Å². The lowest BCUT2D eigenvalue weighted by Crippen LogP contribution is -2.06. The Bertz CT molecular complexity index is 311. The molecule has 0 spiro atoms. The van der Waals surface area contributed by atoms with E-state index in [-0.39, 0.29) is 0 Å². The molecule has 0 rings (SSSR count). The van der Waals surface area contributed by atoms with Crippen LogP contribution in [0, 0.1) is 29.6 Å². The third-order valence-electron chi connectivity index (χ3n) is 3.50. The number of hydrogen-bond donors (Lipinski definition) is 0. The van der Waals surface area contributed by atoms with Crippen molar-refractivity contribution in [2.24, 2.45) is 17.8 Å². The monoisotopic (exact) mass is 260 g/mol. The summed E-state index contributed by atoms with van der Waals surface area (Å²) in [7, 11) is 0. The van der Waals surface area contributed by atoms with Crippen molar-refractivity contribution in [3.8, 4) is 11.8 Å². The SMILES string of the molecule is CC#CCCCC(C)CC(C)CC(C)/C=C\C=CC. The van der Waals surface area contributed by atoms with Crippen LogP contribution in [0.25, 0.3) is 0 Å². The highest BCUT2D eigenvalue weighted by molar-refractivity contribution is 5.02. The van der Waals surface area contributed by atoms with E-state index in [0.29, 0.717) is 5.92 Å². The lowest BCUT2D eigenvalue weighted by Gasteiger charge is -2.19. The summed E-state index contributed by atoms with van der Waals surface area (Å²) in [4.78, 5) is 0. The maximum Gasteiger partial charge on any atom is 0.00886 e. The number of hydrogen-bond acceptors (Lipinski definition) is 0. The van der Waals surface area contributed by atoms with Crippen LogP contribution >= 0.6 is 0 Å². The quantitative estimate of drug-likeness (QED) is 0.271. The molecule has 0 aromatic rings. The van der Waals surface area contributed by atoms with Crippen LogP contribution in [-0.4, -0.2) is 0 Å². The van der Waals surface area contributed by atoms with Gasteiger partial charge in [-0.15, -0.1) is 11.8 Å². The zero-order chi connectivity index (χ0) is 14.5. The summed E-state index contributed by atoms with van der Waals surface area (Å²) in [5, 5.41) is 0. The number of unbranched alkanes of at least 4 members (excludes halogenated alkanes) is 1. The number of allylic oxidation sites excluding steroid dienone is 4. The molecule has 0 N–H and O–H groups in total. The second-order valence-electron chi connectivity index (χ2n) is 5.89. The molecule has 0 aromatic carbocycles. The fourth-order valence-electron chi connectivity index (χ4n) is 2.64. The van der Waals surface area contributed by atoms with E-state index in [1.54, 1.807) is 0 Å². The van der Waals surface area contributed by atoms with E-state index in [1.165, 1.54) is 25.7 Å². The summed E-state index contributed by atoms with van der Waals surface area (Å²) in [6.45, 7) is 11.1. The Morgan fingerprint density at radius 2 is 1.74 bits per heavy atom. The van der Waals surface area contributed by atoms with Gasteiger partial charge in [0.05, 0.1) is 0 Å². The minimum absolute atomic E-state index is 0.685. The molecular formula is C19H32. The van der Waals surface area contributed by atoms with Crippen molar-refractivity contribution >= 4 is 0 Å². The Labute approximate surface area is 121 Å². The molecule has 3 atom stereocenters. The van der Waals surface area contributed by atoms with Crippen LogP contribution in [0.15, 0.2) is 24.3 Å². The van der Waals surface area contributed by atoms with E-state index < -0.39 is 0 Å². The van der Waals surface area contributed by atoms with Gasteiger partial charge >= 0.3 is 0 Å². The Morgan fingerprint density at radius 1 is 1.00 bits per heavy atom. The maximum atomic E-state index is 3.15. The van der Waals surface area contributed by atoms with Crippen LogP contribution in [0.4, 0.5) is 0 Å². The van der Waals surface area contributed by atoms with Crippen molar-refractivity contribution in [1.82, 2.24) is 0 Å². The van der Waals surface area contributed by atoms with Crippen molar-refractivity contribution in [1.29, 1.82) is 0 Å². The molecule has 0 saturated heterocycles. The largest absolute Gasteiger partial charge is 0.107 e. The standard InChI is InChI=1S/C19H32/c1-6-8-10-12-14-18(4)16-19(5)15-17(3)13-11-9-7-2/h7,9,11,13,17-19H,10,12,14-16H2,1-5H3/b9-7?,13-11-. The number of rotatable bonds is 9. The van der Waals surface area contributed by atoms with Crippen LogP contribution in [0.3, 0.4) is 0 Å². The molecule has 19 heavy (non-hydrogen) atoms. The summed E-state index contributed by atoms with van der Waals surface area (Å²) in [6, 6.07) is 0. The Morgan fingerprint density at radius 3 is 2.37 bits per heavy atom. The van der Waals surface area contributed by atoms with Crippen LogP contribution in [0.2, 0.25) is 0 Å². The first-order valence-electron chi connectivity index (χ1n) is 7.79. The summed E-state index contributed by atoms with van der Waals surface area (Å²) < 4.78 is 0. The van der Waals surface area contributed by atoms with E-state index in [2.05, 4.69) is 63.8 Å². The molecule has 0 heterocycles. The fraction of sp³-hybridized carbons (Fsp3) is 0.684. The third-order valence-corrected chi connectivity index (χ3v) is 3.50. The maximum absolute atomic E-state index is 3.15. The van der Waals surface area contributed by atoms with Crippen LogP contribution in [-0.2, 0) is 0 Å². The van der Waals surface area contributed by atoms with Gasteiger partial charge in [-0.3, -0.25) is 0 Å². The first kappa shape index (κ1) is 18.0. The molecule has 0 heteroatoms. The van der Waals surface area contributed by atoms with Crippen LogP contribution < -0.4 is 0 Å². The molecule has 0 bridgehead atoms. The first-order valence-corrected chi connectivity index (χ1v) is 7.79. The lowest BCUT2D eigenvalue weighted by atomic mass is 9.87. The van der Waals surface area contributed by atoms with E-state index in [1.807, 2.05) is 6.92 Å². The molecule has 0 aliphatic rings. The second-order valence-corrected chi connectivity index (χ2v) is 5.89. The van der Waals surface area contributed by atoms with Gasteiger partial charge in [0.15, 0.2) is 0 Å². The Balaban J connectivity index is 3.81. The van der Waals surface area contributed by atoms with Crippen molar-refractivity contribution in [3.05, 3.63) is 24.3 Å². The molecule has 0 nitrogen and oxygen atoms in total. The molecule has 0 fully saturated rings. The second kappa shape index (κ2) is 12.1. The summed E-state index contributed by atoms with van der Waals surface area (Å²) in [5.74, 6) is 8.46. The van der Waals surface area contributed by atoms with Gasteiger partial charge in [0.1, 0.15) is 0 Å². The highest BCUT2D eigenvalue weighted by Gasteiger charge is 2.10. The lowest BCUT2D eigenvalue weighted by molar-refractivity contribution is 0.351. The van der Waals surface area contributed by atoms with Crippen molar-refractivity contribution in [2.75, 3.05) is 0 Å². The zero-order valence-electron chi connectivity index (χ0n) is 13.6. The predicted octanol–water partition coefficient (Wildman–Crippen LogP) is 6.00. The van der Waals surface area contributed by atoms with Gasteiger partial charge < -0.3 is 0 Å². The van der Waals surface area contributed by atoms with Gasteiger partial charge in [-0.05, 0) is 57.3 Å². The highest BCUT2D eigenvalue weighted by atomic mass is 14.2. The average molecular weight is 260 g/mol. The minimum Gasteiger partial charge on any atom is -0.107 e. The van der Waals surface area contributed by atoms with E-state index in [0.717, 1.165) is 18.3 Å². The van der Waals surface area contributed by atoms with E-state index in [4.69, 9.17) is 0 Å². The summed E-state index contributed by atoms with van der Waals surface area (Å²) in [5.41, 5.74) is 0. The highest BCUT2D eigenvalue weighted by Crippen LogP contribution is 2.23. The normalized spacial score (nSPS) is 16.3. The van der Waals surface area contributed by atoms with Crippen LogP contribution in [0.1, 0.15) is 66.7 Å². The zero-order valence-corrected chi connectivity index (χ0v) is 13.6. The minimum atomic E-state index is 0.685. The molecule has 0 aromatic heterocycles. The third kappa shape index (κ3) is 11.8. The van der Waals surface area contributed by atoms with Gasteiger partial charge in [0.2, 0.25) is 0 Å². The van der Waals surface area contributed by atoms with Crippen molar-refractivity contribution in [2.45, 2.75) is 66.7 Å². The van der Waals surface area contributed by atoms with Gasteiger partial charge in [-0.2, -0.15) is 0 Å². The molecule has 0 amide bonds. The van der Waals surface area contributed by atoms with Crippen molar-refractivity contribution in [3.63, 3.8) is 0 Å². The molecule has 0 saturated carbocycles. The molecule has 0 aliphatic heterocycles. The van der Waals surface area contributed by atoms with Gasteiger partial charge in [-0.25, -0.2) is 0 Å². The molecule has 108 valence electrons. The predicted molar refractivity (Wildman–Crippen MR) is 88.0 cm³/mol. The van der Waals surface area contributed by atoms with E-state index in [9.17, 15) is 0 Å². The molecular weight excluding hydrogens is 228 g/mol. The van der Waals surface area contributed by atoms with E-state index >= 15 is 0 Å². The molecule has 3 unspecified atom stereocenters. The van der Waals surface area contributed by atoms with Gasteiger partial charge in [-0.1, -0.05) is 45.1 Å². The first-order chi connectivity index (χ1) is 9.10. The Hall–Kier alpha value is -0.960. The fourth-order valence-corrected chi connectivity index (χ4v) is 2.64. The molecule has 0 aliphatic carbocycles. The molecule has 0 radical (unpaired) electrons. The van der Waals surface area contributed by atoms with Gasteiger partial charge in [0.25, 0.3) is 0 Å². The van der Waals surface area contributed by atoms with Crippen molar-refractivity contribution < 1.29 is 0 Å². The average Bonchev–Trinajstić information content (AvgIpc) is 2.34.